The molecule has 1 atom stereocenters. The first kappa shape index (κ1) is 12.5. The van der Waals surface area contributed by atoms with Crippen molar-refractivity contribution in [1.82, 2.24) is 0 Å². The second-order valence-corrected chi connectivity index (χ2v) is 5.04. The van der Waals surface area contributed by atoms with E-state index >= 15 is 0 Å². The first-order valence-corrected chi connectivity index (χ1v) is 6.34. The molecule has 1 aliphatic heterocycles. The van der Waals surface area contributed by atoms with E-state index in [0.29, 0.717) is 16.5 Å². The van der Waals surface area contributed by atoms with Crippen molar-refractivity contribution in [3.63, 3.8) is 0 Å². The minimum Gasteiger partial charge on any atom is -0.370 e. The second-order valence-electron chi connectivity index (χ2n) is 4.23. The smallest absolute Gasteiger partial charge is 0.219 e. The van der Waals surface area contributed by atoms with Gasteiger partial charge in [-0.05, 0) is 25.0 Å². The van der Waals surface area contributed by atoms with Crippen LogP contribution < -0.4 is 10.6 Å². The Kier molecular flexibility index (Phi) is 3.79. The Morgan fingerprint density at radius 3 is 2.65 bits per heavy atom. The molecule has 0 saturated carbocycles. The SMILES string of the molecule is NC(=O)CC1CCCN1c1c(Cl)cccc1Cl. The first-order chi connectivity index (χ1) is 8.09. The summed E-state index contributed by atoms with van der Waals surface area (Å²) in [6.07, 6.45) is 2.32. The number of anilines is 1. The van der Waals surface area contributed by atoms with Gasteiger partial charge in [-0.25, -0.2) is 0 Å². The minimum atomic E-state index is -0.287. The van der Waals surface area contributed by atoms with Gasteiger partial charge in [0.15, 0.2) is 0 Å². The molecule has 2 N–H and O–H groups in total. The average molecular weight is 273 g/mol. The van der Waals surface area contributed by atoms with Crippen LogP contribution in [0.3, 0.4) is 0 Å². The molecule has 1 aromatic carbocycles. The molecule has 0 aromatic heterocycles. The van der Waals surface area contributed by atoms with Crippen LogP contribution >= 0.6 is 23.2 Å². The molecule has 1 saturated heterocycles. The molecule has 1 aliphatic rings. The van der Waals surface area contributed by atoms with Gasteiger partial charge >= 0.3 is 0 Å². The second kappa shape index (κ2) is 5.15. The molecule has 1 aromatic rings. The monoisotopic (exact) mass is 272 g/mol. The number of carbonyl (C=O) groups is 1. The zero-order valence-corrected chi connectivity index (χ0v) is 10.8. The maximum absolute atomic E-state index is 11.0. The van der Waals surface area contributed by atoms with Gasteiger partial charge in [-0.2, -0.15) is 0 Å². The van der Waals surface area contributed by atoms with E-state index in [9.17, 15) is 4.79 Å². The molecule has 0 bridgehead atoms. The van der Waals surface area contributed by atoms with Crippen LogP contribution in [0.1, 0.15) is 19.3 Å². The average Bonchev–Trinajstić information content (AvgIpc) is 2.65. The van der Waals surface area contributed by atoms with E-state index in [-0.39, 0.29) is 11.9 Å². The Morgan fingerprint density at radius 1 is 1.41 bits per heavy atom. The van der Waals surface area contributed by atoms with Gasteiger partial charge in [0, 0.05) is 19.0 Å². The van der Waals surface area contributed by atoms with Crippen molar-refractivity contribution >= 4 is 34.8 Å². The third kappa shape index (κ3) is 2.67. The van der Waals surface area contributed by atoms with Gasteiger partial charge in [-0.3, -0.25) is 4.79 Å². The van der Waals surface area contributed by atoms with Gasteiger partial charge in [0.25, 0.3) is 0 Å². The summed E-state index contributed by atoms with van der Waals surface area (Å²) in [5.74, 6) is -0.287. The highest BCUT2D eigenvalue weighted by Gasteiger charge is 2.28. The van der Waals surface area contributed by atoms with Crippen LogP contribution in [0.15, 0.2) is 18.2 Å². The zero-order chi connectivity index (χ0) is 12.4. The quantitative estimate of drug-likeness (QED) is 0.920. The first-order valence-electron chi connectivity index (χ1n) is 5.58. The van der Waals surface area contributed by atoms with Gasteiger partial charge in [0.1, 0.15) is 0 Å². The van der Waals surface area contributed by atoms with E-state index in [2.05, 4.69) is 4.90 Å². The van der Waals surface area contributed by atoms with Gasteiger partial charge in [-0.15, -0.1) is 0 Å². The molecule has 5 heteroatoms. The summed E-state index contributed by atoms with van der Waals surface area (Å²) in [5.41, 5.74) is 6.08. The molecule has 2 rings (SSSR count). The van der Waals surface area contributed by atoms with Crippen LogP contribution in [0.5, 0.6) is 0 Å². The number of rotatable bonds is 3. The highest BCUT2D eigenvalue weighted by Crippen LogP contribution is 2.38. The summed E-state index contributed by atoms with van der Waals surface area (Å²) in [4.78, 5) is 13.1. The van der Waals surface area contributed by atoms with Crippen molar-refractivity contribution in [1.29, 1.82) is 0 Å². The standard InChI is InChI=1S/C12H14Cl2N2O/c13-9-4-1-5-10(14)12(9)16-6-2-3-8(16)7-11(15)17/h1,4-5,8H,2-3,6-7H2,(H2,15,17). The fourth-order valence-corrected chi connectivity index (χ4v) is 2.95. The van der Waals surface area contributed by atoms with E-state index in [4.69, 9.17) is 28.9 Å². The van der Waals surface area contributed by atoms with Gasteiger partial charge in [0.2, 0.25) is 5.91 Å². The molecule has 17 heavy (non-hydrogen) atoms. The number of nitrogens with zero attached hydrogens (tertiary/aromatic N) is 1. The lowest BCUT2D eigenvalue weighted by Gasteiger charge is -2.27. The number of para-hydroxylation sites is 1. The predicted molar refractivity (Wildman–Crippen MR) is 70.6 cm³/mol. The third-order valence-corrected chi connectivity index (χ3v) is 3.65. The molecule has 92 valence electrons. The Bertz CT molecular complexity index is 416. The zero-order valence-electron chi connectivity index (χ0n) is 9.33. The van der Waals surface area contributed by atoms with Crippen molar-refractivity contribution in [3.8, 4) is 0 Å². The molecule has 0 radical (unpaired) electrons. The molecule has 1 amide bonds. The highest BCUT2D eigenvalue weighted by molar-refractivity contribution is 6.39. The summed E-state index contributed by atoms with van der Waals surface area (Å²) < 4.78 is 0. The van der Waals surface area contributed by atoms with Crippen molar-refractivity contribution < 1.29 is 4.79 Å². The minimum absolute atomic E-state index is 0.116. The van der Waals surface area contributed by atoms with Crippen LogP contribution in [0.2, 0.25) is 10.0 Å². The topological polar surface area (TPSA) is 46.3 Å². The van der Waals surface area contributed by atoms with Crippen LogP contribution in [-0.2, 0) is 4.79 Å². The Balaban J connectivity index is 2.29. The Labute approximate surface area is 110 Å². The van der Waals surface area contributed by atoms with Gasteiger partial charge < -0.3 is 10.6 Å². The molecule has 0 aliphatic carbocycles. The van der Waals surface area contributed by atoms with Gasteiger partial charge in [-0.1, -0.05) is 29.3 Å². The van der Waals surface area contributed by atoms with Crippen LogP contribution in [0.25, 0.3) is 0 Å². The van der Waals surface area contributed by atoms with Gasteiger partial charge in [0.05, 0.1) is 15.7 Å². The van der Waals surface area contributed by atoms with Crippen molar-refractivity contribution in [3.05, 3.63) is 28.2 Å². The lowest BCUT2D eigenvalue weighted by Crippen LogP contribution is -2.33. The maximum atomic E-state index is 11.0. The number of nitrogens with two attached hydrogens (primary N) is 1. The summed E-state index contributed by atoms with van der Waals surface area (Å²) in [6, 6.07) is 5.54. The molecule has 3 nitrogen and oxygen atoms in total. The number of halogens is 2. The fraction of sp³-hybridized carbons (Fsp3) is 0.417. The Morgan fingerprint density at radius 2 is 2.06 bits per heavy atom. The summed E-state index contributed by atoms with van der Waals surface area (Å²) in [5, 5.41) is 1.24. The maximum Gasteiger partial charge on any atom is 0.219 e. The van der Waals surface area contributed by atoms with Crippen molar-refractivity contribution in [2.45, 2.75) is 25.3 Å². The normalized spacial score (nSPS) is 19.6. The Hall–Kier alpha value is -0.930. The fourth-order valence-electron chi connectivity index (χ4n) is 2.34. The molecule has 0 spiro atoms. The van der Waals surface area contributed by atoms with E-state index < -0.39 is 0 Å². The van der Waals surface area contributed by atoms with Crippen molar-refractivity contribution in [2.75, 3.05) is 11.4 Å². The number of hydrogen-bond acceptors (Lipinski definition) is 2. The molecular formula is C12H14Cl2N2O. The summed E-state index contributed by atoms with van der Waals surface area (Å²) in [7, 11) is 0. The number of hydrogen-bond donors (Lipinski definition) is 1. The van der Waals surface area contributed by atoms with Crippen LogP contribution in [0.4, 0.5) is 5.69 Å². The summed E-state index contributed by atoms with van der Waals surface area (Å²) >= 11 is 12.3. The van der Waals surface area contributed by atoms with Crippen molar-refractivity contribution in [2.24, 2.45) is 5.73 Å². The van der Waals surface area contributed by atoms with Crippen LogP contribution in [-0.4, -0.2) is 18.5 Å². The summed E-state index contributed by atoms with van der Waals surface area (Å²) in [6.45, 7) is 0.862. The highest BCUT2D eigenvalue weighted by atomic mass is 35.5. The lowest BCUT2D eigenvalue weighted by molar-refractivity contribution is -0.118. The largest absolute Gasteiger partial charge is 0.370 e. The lowest BCUT2D eigenvalue weighted by atomic mass is 10.1. The van der Waals surface area contributed by atoms with E-state index in [1.165, 1.54) is 0 Å². The molecule has 1 heterocycles. The van der Waals surface area contributed by atoms with Crippen LogP contribution in [0, 0.1) is 0 Å². The third-order valence-electron chi connectivity index (χ3n) is 3.04. The number of benzene rings is 1. The predicted octanol–water partition coefficient (Wildman–Crippen LogP) is 2.84. The number of carbonyl (C=O) groups excluding carboxylic acids is 1. The number of primary amides is 1. The molecule has 1 fully saturated rings. The molecule has 1 unspecified atom stereocenters. The molecular weight excluding hydrogens is 259 g/mol. The van der Waals surface area contributed by atoms with E-state index in [1.54, 1.807) is 0 Å². The number of amides is 1. The van der Waals surface area contributed by atoms with E-state index in [1.807, 2.05) is 18.2 Å². The van der Waals surface area contributed by atoms with E-state index in [0.717, 1.165) is 25.1 Å².